The Morgan fingerprint density at radius 1 is 0.682 bits per heavy atom. The Labute approximate surface area is 282 Å². The number of rotatable bonds is 12. The van der Waals surface area contributed by atoms with Gasteiger partial charge in [-0.1, -0.05) is 88.3 Å². The molecule has 245 valence electrons. The van der Waals surface area contributed by atoms with Crippen molar-refractivity contribution in [3.63, 3.8) is 0 Å². The molecule has 0 saturated carbocycles. The Morgan fingerprint density at radius 3 is 1.64 bits per heavy atom. The van der Waals surface area contributed by atoms with Crippen LogP contribution in [-0.4, -0.2) is 87.2 Å². The average Bonchev–Trinajstić information content (AvgIpc) is 2.92. The Hall–Kier alpha value is -1.90. The summed E-state index contributed by atoms with van der Waals surface area (Å²) in [7, 11) is 3.39. The molecule has 0 aliphatic heterocycles. The van der Waals surface area contributed by atoms with Crippen LogP contribution in [0.1, 0.15) is 110 Å². The summed E-state index contributed by atoms with van der Waals surface area (Å²) in [6.45, 7) is 26.6. The second-order valence-electron chi connectivity index (χ2n) is 14.9. The van der Waals surface area contributed by atoms with Gasteiger partial charge in [0.05, 0.1) is 40.0 Å². The normalized spacial score (nSPS) is 13.0. The minimum atomic E-state index is -0.313. The molecule has 1 N–H and O–H groups in total. The van der Waals surface area contributed by atoms with E-state index < -0.39 is 0 Å². The molecule has 7 heteroatoms. The molecule has 2 aromatic carbocycles. The fourth-order valence-electron chi connectivity index (χ4n) is 4.66. The van der Waals surface area contributed by atoms with Crippen LogP contribution in [0.4, 0.5) is 0 Å². The van der Waals surface area contributed by atoms with Crippen molar-refractivity contribution in [1.29, 1.82) is 0 Å². The molecule has 0 fully saturated rings. The molecule has 44 heavy (non-hydrogen) atoms. The molecule has 0 spiro atoms. The molecular formula is C37H59N2O4Sn. The number of phenolic OH excluding ortho intramolecular Hbond substituents is 1. The first-order valence-electron chi connectivity index (χ1n) is 15.5. The Kier molecular flexibility index (Phi) is 15.6. The van der Waals surface area contributed by atoms with Crippen LogP contribution in [0, 0.1) is 0 Å². The quantitative estimate of drug-likeness (QED) is 0.138. The van der Waals surface area contributed by atoms with Crippen molar-refractivity contribution in [2.75, 3.05) is 47.1 Å². The topological polar surface area (TPSA) is 72.6 Å². The monoisotopic (exact) mass is 715 g/mol. The third kappa shape index (κ3) is 11.8. The Morgan fingerprint density at radius 2 is 1.16 bits per heavy atom. The maximum absolute atomic E-state index is 11.0. The molecule has 0 saturated heterocycles. The zero-order valence-electron chi connectivity index (χ0n) is 30.1. The van der Waals surface area contributed by atoms with Gasteiger partial charge in [-0.05, 0) is 39.5 Å². The standard InChI is InChI=1S/C36H56N2O4.CH3.Sn/c1-33(2,3)27-18-25(31(39)29(20-27)35(7,8)9)22-38-15-17-42-24-36(10,11)30-21-28(34(4,5)6)19-26(32(30)41-13)23-37-14-16-40-12;;/h18-23,39H,14-17,24H2,1-13H3;1H3;. The van der Waals surface area contributed by atoms with Crippen molar-refractivity contribution in [3.05, 3.63) is 57.6 Å². The van der Waals surface area contributed by atoms with Crippen LogP contribution in [0.15, 0.2) is 34.3 Å². The van der Waals surface area contributed by atoms with Gasteiger partial charge in [0.25, 0.3) is 0 Å². The molecule has 0 atom stereocenters. The van der Waals surface area contributed by atoms with Crippen molar-refractivity contribution in [1.82, 2.24) is 0 Å². The molecule has 0 amide bonds. The fourth-order valence-corrected chi connectivity index (χ4v) is 4.66. The van der Waals surface area contributed by atoms with Gasteiger partial charge in [-0.15, -0.1) is 0 Å². The first-order chi connectivity index (χ1) is 20.3. The molecule has 2 aromatic rings. The van der Waals surface area contributed by atoms with Gasteiger partial charge in [0.15, 0.2) is 0 Å². The molecule has 0 aliphatic rings. The third-order valence-corrected chi connectivity index (χ3v) is 7.44. The van der Waals surface area contributed by atoms with E-state index in [0.29, 0.717) is 38.7 Å². The minimum absolute atomic E-state index is 0.0357. The van der Waals surface area contributed by atoms with Crippen LogP contribution in [-0.2, 0) is 31.1 Å². The molecule has 0 aromatic heterocycles. The molecule has 0 heterocycles. The third-order valence-electron chi connectivity index (χ3n) is 7.44. The Bertz CT molecular complexity index is 1250. The van der Waals surface area contributed by atoms with Gasteiger partial charge in [0.1, 0.15) is 11.5 Å². The molecule has 0 unspecified atom stereocenters. The summed E-state index contributed by atoms with van der Waals surface area (Å²) in [5, 5.41) is 11.0. The van der Waals surface area contributed by atoms with E-state index in [9.17, 15) is 5.11 Å². The van der Waals surface area contributed by atoms with Gasteiger partial charge in [-0.25, -0.2) is 0 Å². The summed E-state index contributed by atoms with van der Waals surface area (Å²) >= 11 is 1.55. The number of ether oxygens (including phenoxy) is 3. The molecule has 0 aliphatic carbocycles. The van der Waals surface area contributed by atoms with Gasteiger partial charge >= 0.3 is 27.5 Å². The zero-order chi connectivity index (χ0) is 33.9. The van der Waals surface area contributed by atoms with Crippen molar-refractivity contribution >= 4 is 35.0 Å². The fraction of sp³-hybridized carbons (Fsp3) is 0.622. The van der Waals surface area contributed by atoms with Crippen molar-refractivity contribution in [2.24, 2.45) is 9.98 Å². The number of aliphatic imine (C=N–C) groups is 2. The SMILES string of the molecule is COCCN=Cc1cc(C(C)(C)C)cc(C(C)(C)COCCN=Cc2cc(C(C)(C)C)cc(C(C)(C)C)c2O)c1OC.[CH3][Sn]. The van der Waals surface area contributed by atoms with Gasteiger partial charge in [0, 0.05) is 47.2 Å². The van der Waals surface area contributed by atoms with E-state index in [1.165, 1.54) is 11.1 Å². The maximum atomic E-state index is 11.0. The van der Waals surface area contributed by atoms with Gasteiger partial charge in [0.2, 0.25) is 0 Å². The van der Waals surface area contributed by atoms with Crippen molar-refractivity contribution in [3.8, 4) is 11.5 Å². The van der Waals surface area contributed by atoms with E-state index in [2.05, 4.69) is 109 Å². The first kappa shape index (κ1) is 40.1. The van der Waals surface area contributed by atoms with Gasteiger partial charge in [-0.2, -0.15) is 0 Å². The second kappa shape index (κ2) is 17.1. The summed E-state index contributed by atoms with van der Waals surface area (Å²) in [5.74, 6) is 1.12. The second-order valence-corrected chi connectivity index (χ2v) is 14.9. The van der Waals surface area contributed by atoms with Gasteiger partial charge in [-0.3, -0.25) is 9.98 Å². The predicted molar refractivity (Wildman–Crippen MR) is 189 cm³/mol. The number of aromatic hydroxyl groups is 1. The number of hydrogen-bond donors (Lipinski definition) is 1. The molecular weight excluding hydrogens is 655 g/mol. The number of phenols is 1. The van der Waals surface area contributed by atoms with Crippen LogP contribution in [0.3, 0.4) is 0 Å². The number of benzene rings is 2. The summed E-state index contributed by atoms with van der Waals surface area (Å²) in [6.07, 6.45) is 3.66. The molecule has 0 bridgehead atoms. The molecule has 6 nitrogen and oxygen atoms in total. The zero-order valence-corrected chi connectivity index (χ0v) is 32.9. The Balaban J connectivity index is 0.00000474. The predicted octanol–water partition coefficient (Wildman–Crippen LogP) is 7.97. The van der Waals surface area contributed by atoms with Crippen molar-refractivity contribution in [2.45, 2.75) is 103 Å². The van der Waals surface area contributed by atoms with E-state index in [-0.39, 0.29) is 21.7 Å². The van der Waals surface area contributed by atoms with E-state index in [1.54, 1.807) is 43.0 Å². The van der Waals surface area contributed by atoms with Gasteiger partial charge < -0.3 is 19.3 Å². The number of nitrogens with zero attached hydrogens (tertiary/aromatic N) is 2. The van der Waals surface area contributed by atoms with Crippen LogP contribution in [0.2, 0.25) is 4.94 Å². The summed E-state index contributed by atoms with van der Waals surface area (Å²) < 4.78 is 17.3. The van der Waals surface area contributed by atoms with E-state index in [0.717, 1.165) is 28.0 Å². The van der Waals surface area contributed by atoms with Crippen LogP contribution in [0.25, 0.3) is 0 Å². The summed E-state index contributed by atoms with van der Waals surface area (Å²) in [5.41, 5.74) is 5.57. The summed E-state index contributed by atoms with van der Waals surface area (Å²) in [6, 6.07) is 8.57. The van der Waals surface area contributed by atoms with Crippen molar-refractivity contribution < 1.29 is 19.3 Å². The van der Waals surface area contributed by atoms with Crippen LogP contribution >= 0.6 is 0 Å². The molecule has 2 rings (SSSR count). The van der Waals surface area contributed by atoms with Crippen LogP contribution in [0.5, 0.6) is 11.5 Å². The number of hydrogen-bond acceptors (Lipinski definition) is 6. The average molecular weight is 715 g/mol. The van der Waals surface area contributed by atoms with Crippen LogP contribution < -0.4 is 4.74 Å². The molecule has 3 radical (unpaired) electrons. The number of methoxy groups -OCH3 is 2. The summed E-state index contributed by atoms with van der Waals surface area (Å²) in [4.78, 5) is 11.3. The van der Waals surface area contributed by atoms with E-state index in [4.69, 9.17) is 14.2 Å². The van der Waals surface area contributed by atoms with E-state index in [1.807, 2.05) is 12.3 Å². The van der Waals surface area contributed by atoms with E-state index >= 15 is 0 Å². The first-order valence-corrected chi connectivity index (χ1v) is 18.4.